The molecular weight excluding hydrogens is 395 g/mol. The van der Waals surface area contributed by atoms with Gasteiger partial charge < -0.3 is 14.6 Å². The number of carbonyl (C=O) groups is 1. The number of amides is 1. The first-order valence-electron chi connectivity index (χ1n) is 10.7. The van der Waals surface area contributed by atoms with Crippen LogP contribution >= 0.6 is 0 Å². The van der Waals surface area contributed by atoms with Crippen molar-refractivity contribution in [1.29, 1.82) is 0 Å². The normalized spacial score (nSPS) is 16.4. The number of likely N-dealkylation sites (N-methyl/N-ethyl adjacent to an activating group) is 1. The minimum Gasteiger partial charge on any atom is -0.494 e. The number of nitrogens with one attached hydrogen (secondary N) is 1. The number of aromatic nitrogens is 2. The van der Waals surface area contributed by atoms with Crippen LogP contribution in [0.3, 0.4) is 0 Å². The van der Waals surface area contributed by atoms with E-state index in [2.05, 4.69) is 27.1 Å². The molecule has 0 bridgehead atoms. The molecule has 1 aliphatic heterocycles. The van der Waals surface area contributed by atoms with Gasteiger partial charge in [-0.05, 0) is 74.2 Å². The van der Waals surface area contributed by atoms with E-state index in [-0.39, 0.29) is 17.7 Å². The zero-order valence-corrected chi connectivity index (χ0v) is 18.3. The Hall–Kier alpha value is -2.93. The molecule has 1 fully saturated rings. The Morgan fingerprint density at radius 1 is 1.35 bits per heavy atom. The van der Waals surface area contributed by atoms with Crippen LogP contribution < -0.4 is 4.74 Å². The smallest absolute Gasteiger partial charge is 0.239 e. The van der Waals surface area contributed by atoms with Gasteiger partial charge in [-0.2, -0.15) is 0 Å². The highest BCUT2D eigenvalue weighted by Crippen LogP contribution is 2.33. The number of hydrogen-bond acceptors (Lipinski definition) is 4. The zero-order chi connectivity index (χ0) is 22.0. The van der Waals surface area contributed by atoms with Crippen LogP contribution in [0.15, 0.2) is 42.7 Å². The fourth-order valence-electron chi connectivity index (χ4n) is 4.55. The molecule has 1 atom stereocenters. The standard InChI is InChI=1S/C24H29FN4O2/c1-16(24(30)28(2)15-17-6-7-22(31-3)21(25)13-17)29-11-8-18(9-12-29)20-14-27-23-19(20)5-4-10-26-23/h4-7,10,13-14,16,18H,8-9,11-12,15H2,1-3H3,(H,26,27). The number of methoxy groups -OCH3 is 1. The number of aromatic amines is 1. The molecule has 164 valence electrons. The second kappa shape index (κ2) is 9.06. The molecule has 7 heteroatoms. The number of hydrogen-bond donors (Lipinski definition) is 1. The number of H-pyrrole nitrogens is 1. The van der Waals surface area contributed by atoms with E-state index < -0.39 is 5.82 Å². The lowest BCUT2D eigenvalue weighted by atomic mass is 9.89. The summed E-state index contributed by atoms with van der Waals surface area (Å²) in [4.78, 5) is 24.6. The summed E-state index contributed by atoms with van der Waals surface area (Å²) in [5.41, 5.74) is 2.99. The van der Waals surface area contributed by atoms with E-state index in [9.17, 15) is 9.18 Å². The molecular formula is C24H29FN4O2. The molecule has 6 nitrogen and oxygen atoms in total. The highest BCUT2D eigenvalue weighted by atomic mass is 19.1. The highest BCUT2D eigenvalue weighted by molar-refractivity contribution is 5.81. The Kier molecular flexibility index (Phi) is 6.23. The first-order valence-corrected chi connectivity index (χ1v) is 10.7. The van der Waals surface area contributed by atoms with E-state index in [0.717, 1.165) is 37.1 Å². The number of rotatable bonds is 6. The molecule has 0 spiro atoms. The summed E-state index contributed by atoms with van der Waals surface area (Å²) in [6, 6.07) is 8.69. The molecule has 1 aliphatic rings. The molecule has 31 heavy (non-hydrogen) atoms. The number of fused-ring (bicyclic) bond motifs is 1. The predicted octanol–water partition coefficient (Wildman–Crippen LogP) is 3.94. The third kappa shape index (κ3) is 4.42. The van der Waals surface area contributed by atoms with Gasteiger partial charge in [0.2, 0.25) is 5.91 Å². The molecule has 1 aromatic carbocycles. The average molecular weight is 425 g/mol. The first-order chi connectivity index (χ1) is 15.0. The summed E-state index contributed by atoms with van der Waals surface area (Å²) in [6.45, 7) is 4.07. The maximum Gasteiger partial charge on any atom is 0.239 e. The average Bonchev–Trinajstić information content (AvgIpc) is 3.22. The van der Waals surface area contributed by atoms with Crippen molar-refractivity contribution in [2.24, 2.45) is 0 Å². The minimum atomic E-state index is -0.413. The topological polar surface area (TPSA) is 61.5 Å². The van der Waals surface area contributed by atoms with Crippen molar-refractivity contribution in [2.75, 3.05) is 27.2 Å². The molecule has 2 aromatic heterocycles. The molecule has 0 saturated carbocycles. The van der Waals surface area contributed by atoms with Crippen LogP contribution in [0.4, 0.5) is 4.39 Å². The molecule has 1 unspecified atom stereocenters. The van der Waals surface area contributed by atoms with Crippen molar-refractivity contribution >= 4 is 16.9 Å². The second-order valence-electron chi connectivity index (χ2n) is 8.29. The van der Waals surface area contributed by atoms with Crippen LogP contribution in [0.1, 0.15) is 36.8 Å². The Labute approximate surface area is 182 Å². The molecule has 1 amide bonds. The number of pyridine rings is 1. The van der Waals surface area contributed by atoms with Crippen LogP contribution in [0.5, 0.6) is 5.75 Å². The Morgan fingerprint density at radius 2 is 2.13 bits per heavy atom. The maximum atomic E-state index is 14.0. The van der Waals surface area contributed by atoms with Crippen LogP contribution in [0.2, 0.25) is 0 Å². The minimum absolute atomic E-state index is 0.0472. The van der Waals surface area contributed by atoms with Gasteiger partial charge in [0, 0.05) is 31.4 Å². The van der Waals surface area contributed by atoms with E-state index >= 15 is 0 Å². The van der Waals surface area contributed by atoms with Gasteiger partial charge in [0.15, 0.2) is 11.6 Å². The monoisotopic (exact) mass is 424 g/mol. The van der Waals surface area contributed by atoms with E-state index in [1.54, 1.807) is 30.3 Å². The summed E-state index contributed by atoms with van der Waals surface area (Å²) in [5.74, 6) is 0.311. The number of carbonyl (C=O) groups excluding carboxylic acids is 1. The molecule has 3 heterocycles. The van der Waals surface area contributed by atoms with Gasteiger partial charge in [-0.1, -0.05) is 6.07 Å². The lowest BCUT2D eigenvalue weighted by Gasteiger charge is -2.36. The molecule has 4 rings (SSSR count). The number of benzene rings is 1. The number of piperidine rings is 1. The van der Waals surface area contributed by atoms with Gasteiger partial charge in [-0.15, -0.1) is 0 Å². The van der Waals surface area contributed by atoms with Crippen LogP contribution in [-0.2, 0) is 11.3 Å². The molecule has 3 aromatic rings. The fourth-order valence-corrected chi connectivity index (χ4v) is 4.55. The summed E-state index contributed by atoms with van der Waals surface area (Å²) in [6.07, 6.45) is 5.89. The quantitative estimate of drug-likeness (QED) is 0.651. The van der Waals surface area contributed by atoms with Crippen molar-refractivity contribution in [3.05, 3.63) is 59.7 Å². The van der Waals surface area contributed by atoms with Gasteiger partial charge in [0.05, 0.1) is 13.2 Å². The van der Waals surface area contributed by atoms with Gasteiger partial charge >= 0.3 is 0 Å². The number of nitrogens with zero attached hydrogens (tertiary/aromatic N) is 3. The Balaban J connectivity index is 1.35. The Bertz CT molecular complexity index is 1060. The van der Waals surface area contributed by atoms with E-state index in [4.69, 9.17) is 4.74 Å². The van der Waals surface area contributed by atoms with E-state index in [0.29, 0.717) is 12.5 Å². The summed E-state index contributed by atoms with van der Waals surface area (Å²) in [7, 11) is 3.21. The lowest BCUT2D eigenvalue weighted by molar-refractivity contribution is -0.136. The highest BCUT2D eigenvalue weighted by Gasteiger charge is 2.29. The SMILES string of the molecule is COc1ccc(CN(C)C(=O)C(C)N2CCC(c3c[nH]c4ncccc34)CC2)cc1F. The largest absolute Gasteiger partial charge is 0.494 e. The van der Waals surface area contributed by atoms with Crippen molar-refractivity contribution in [2.45, 2.75) is 38.3 Å². The second-order valence-corrected chi connectivity index (χ2v) is 8.29. The molecule has 1 N–H and O–H groups in total. The van der Waals surface area contributed by atoms with Gasteiger partial charge in [0.25, 0.3) is 0 Å². The summed E-state index contributed by atoms with van der Waals surface area (Å²) in [5, 5.41) is 1.19. The van der Waals surface area contributed by atoms with Gasteiger partial charge in [0.1, 0.15) is 5.65 Å². The molecule has 0 radical (unpaired) electrons. The fraction of sp³-hybridized carbons (Fsp3) is 0.417. The van der Waals surface area contributed by atoms with Gasteiger partial charge in [-0.3, -0.25) is 9.69 Å². The summed E-state index contributed by atoms with van der Waals surface area (Å²) < 4.78 is 18.9. The van der Waals surface area contributed by atoms with Gasteiger partial charge in [-0.25, -0.2) is 9.37 Å². The first kappa shape index (κ1) is 21.3. The molecule has 0 aliphatic carbocycles. The third-order valence-corrected chi connectivity index (χ3v) is 6.37. The zero-order valence-electron chi connectivity index (χ0n) is 18.3. The van der Waals surface area contributed by atoms with E-state index in [1.807, 2.05) is 13.0 Å². The maximum absolute atomic E-state index is 14.0. The van der Waals surface area contributed by atoms with Crippen LogP contribution in [0.25, 0.3) is 11.0 Å². The Morgan fingerprint density at radius 3 is 2.84 bits per heavy atom. The van der Waals surface area contributed by atoms with E-state index in [1.165, 1.54) is 24.1 Å². The predicted molar refractivity (Wildman–Crippen MR) is 119 cm³/mol. The number of likely N-dealkylation sites (tertiary alicyclic amines) is 1. The number of ether oxygens (including phenoxy) is 1. The van der Waals surface area contributed by atoms with Crippen molar-refractivity contribution in [3.8, 4) is 5.75 Å². The lowest BCUT2D eigenvalue weighted by Crippen LogP contribution is -2.48. The van der Waals surface area contributed by atoms with Crippen LogP contribution in [0, 0.1) is 5.82 Å². The van der Waals surface area contributed by atoms with Crippen molar-refractivity contribution in [3.63, 3.8) is 0 Å². The van der Waals surface area contributed by atoms with Crippen molar-refractivity contribution < 1.29 is 13.9 Å². The number of halogens is 1. The van der Waals surface area contributed by atoms with Crippen molar-refractivity contribution in [1.82, 2.24) is 19.8 Å². The molecule has 1 saturated heterocycles. The van der Waals surface area contributed by atoms with Crippen LogP contribution in [-0.4, -0.2) is 59.0 Å². The summed E-state index contributed by atoms with van der Waals surface area (Å²) >= 11 is 0. The third-order valence-electron chi connectivity index (χ3n) is 6.37.